The number of hydrogen-bond acceptors (Lipinski definition) is 2. The average Bonchev–Trinajstić information content (AvgIpc) is 3.18. The Morgan fingerprint density at radius 3 is 2.45 bits per heavy atom. The molecule has 0 spiro atoms. The van der Waals surface area contributed by atoms with E-state index >= 15 is 0 Å². The van der Waals surface area contributed by atoms with Crippen LogP contribution in [0.1, 0.15) is 51.7 Å². The van der Waals surface area contributed by atoms with Gasteiger partial charge in [-0.3, -0.25) is 0 Å². The first-order valence-corrected chi connectivity index (χ1v) is 8.07. The van der Waals surface area contributed by atoms with Crippen LogP contribution in [0, 0.1) is 12.8 Å². The van der Waals surface area contributed by atoms with Crippen molar-refractivity contribution in [3.8, 4) is 0 Å². The smallest absolute Gasteiger partial charge is 0.0414 e. The lowest BCUT2D eigenvalue weighted by atomic mass is 10.1. The van der Waals surface area contributed by atoms with E-state index in [2.05, 4.69) is 63.0 Å². The quantitative estimate of drug-likeness (QED) is 0.804. The summed E-state index contributed by atoms with van der Waals surface area (Å²) in [6.45, 7) is 13.4. The van der Waals surface area contributed by atoms with Crippen molar-refractivity contribution in [1.29, 1.82) is 0 Å². The highest BCUT2D eigenvalue weighted by molar-refractivity contribution is 5.56. The van der Waals surface area contributed by atoms with Crippen molar-refractivity contribution in [3.63, 3.8) is 0 Å². The van der Waals surface area contributed by atoms with Crippen molar-refractivity contribution >= 4 is 5.69 Å². The Kier molecular flexibility index (Phi) is 5.09. The molecule has 0 aliphatic heterocycles. The van der Waals surface area contributed by atoms with Gasteiger partial charge in [0.25, 0.3) is 0 Å². The second-order valence-electron chi connectivity index (χ2n) is 6.95. The third kappa shape index (κ3) is 4.24. The Morgan fingerprint density at radius 2 is 1.90 bits per heavy atom. The van der Waals surface area contributed by atoms with Crippen molar-refractivity contribution in [2.24, 2.45) is 5.92 Å². The number of rotatable bonds is 7. The predicted octanol–water partition coefficient (Wildman–Crippen LogP) is 4.12. The van der Waals surface area contributed by atoms with E-state index in [1.165, 1.54) is 36.2 Å². The Labute approximate surface area is 124 Å². The Bertz CT molecular complexity index is 433. The van der Waals surface area contributed by atoms with Crippen LogP contribution in [0.25, 0.3) is 0 Å². The fraction of sp³-hybridized carbons (Fsp3) is 0.667. The lowest BCUT2D eigenvalue weighted by Crippen LogP contribution is -2.32. The summed E-state index contributed by atoms with van der Waals surface area (Å²) in [5, 5.41) is 3.57. The third-order valence-corrected chi connectivity index (χ3v) is 3.79. The molecule has 0 saturated heterocycles. The van der Waals surface area contributed by atoms with Crippen LogP contribution in [0.2, 0.25) is 0 Å². The standard InChI is InChI=1S/C18H30N2/c1-13(2)12-20(17-7-8-17)18-9-6-15(5)10-16(18)11-19-14(3)4/h6,9-10,13-14,17,19H,7-8,11-12H2,1-5H3. The molecule has 2 nitrogen and oxygen atoms in total. The summed E-state index contributed by atoms with van der Waals surface area (Å²) in [6.07, 6.45) is 2.72. The van der Waals surface area contributed by atoms with Crippen LogP contribution in [0.15, 0.2) is 18.2 Å². The molecule has 1 aromatic carbocycles. The molecule has 0 unspecified atom stereocenters. The van der Waals surface area contributed by atoms with E-state index in [0.717, 1.165) is 12.6 Å². The monoisotopic (exact) mass is 274 g/mol. The minimum Gasteiger partial charge on any atom is -0.368 e. The van der Waals surface area contributed by atoms with Gasteiger partial charge in [-0.15, -0.1) is 0 Å². The fourth-order valence-corrected chi connectivity index (χ4v) is 2.67. The summed E-state index contributed by atoms with van der Waals surface area (Å²) in [5.41, 5.74) is 4.25. The van der Waals surface area contributed by atoms with Gasteiger partial charge in [-0.2, -0.15) is 0 Å². The van der Waals surface area contributed by atoms with Crippen molar-refractivity contribution in [1.82, 2.24) is 5.32 Å². The zero-order valence-corrected chi connectivity index (χ0v) is 13.7. The molecule has 1 aliphatic carbocycles. The second-order valence-corrected chi connectivity index (χ2v) is 6.95. The molecule has 2 heteroatoms. The summed E-state index contributed by atoms with van der Waals surface area (Å²) in [7, 11) is 0. The molecule has 0 aromatic heterocycles. The van der Waals surface area contributed by atoms with Gasteiger partial charge in [-0.25, -0.2) is 0 Å². The van der Waals surface area contributed by atoms with E-state index in [4.69, 9.17) is 0 Å². The summed E-state index contributed by atoms with van der Waals surface area (Å²) in [4.78, 5) is 2.64. The minimum absolute atomic E-state index is 0.530. The molecular formula is C18H30N2. The molecule has 20 heavy (non-hydrogen) atoms. The Hall–Kier alpha value is -1.02. The first-order chi connectivity index (χ1) is 9.47. The summed E-state index contributed by atoms with van der Waals surface area (Å²) in [5.74, 6) is 0.711. The van der Waals surface area contributed by atoms with Gasteiger partial charge in [0.2, 0.25) is 0 Å². The van der Waals surface area contributed by atoms with Gasteiger partial charge in [0, 0.05) is 30.9 Å². The summed E-state index contributed by atoms with van der Waals surface area (Å²) >= 11 is 0. The van der Waals surface area contributed by atoms with Crippen LogP contribution >= 0.6 is 0 Å². The van der Waals surface area contributed by atoms with Crippen LogP contribution < -0.4 is 10.2 Å². The normalized spacial score (nSPS) is 15.2. The van der Waals surface area contributed by atoms with Crippen LogP contribution in [0.5, 0.6) is 0 Å². The van der Waals surface area contributed by atoms with Gasteiger partial charge >= 0.3 is 0 Å². The topological polar surface area (TPSA) is 15.3 Å². The molecular weight excluding hydrogens is 244 g/mol. The number of hydrogen-bond donors (Lipinski definition) is 1. The number of nitrogens with zero attached hydrogens (tertiary/aromatic N) is 1. The molecule has 1 aromatic rings. The predicted molar refractivity (Wildman–Crippen MR) is 88.4 cm³/mol. The van der Waals surface area contributed by atoms with Gasteiger partial charge in [-0.1, -0.05) is 45.4 Å². The molecule has 112 valence electrons. The van der Waals surface area contributed by atoms with E-state index in [9.17, 15) is 0 Å². The van der Waals surface area contributed by atoms with Gasteiger partial charge in [-0.05, 0) is 37.3 Å². The van der Waals surface area contributed by atoms with Gasteiger partial charge in [0.1, 0.15) is 0 Å². The Balaban J connectivity index is 2.22. The molecule has 0 heterocycles. The molecule has 0 amide bonds. The first-order valence-electron chi connectivity index (χ1n) is 8.07. The maximum Gasteiger partial charge on any atom is 0.0414 e. The van der Waals surface area contributed by atoms with E-state index < -0.39 is 0 Å². The van der Waals surface area contributed by atoms with Crippen molar-refractivity contribution in [2.45, 2.75) is 66.1 Å². The molecule has 1 fully saturated rings. The molecule has 0 atom stereocenters. The maximum atomic E-state index is 3.57. The molecule has 0 bridgehead atoms. The highest BCUT2D eigenvalue weighted by Crippen LogP contribution is 2.34. The molecule has 2 rings (SSSR count). The van der Waals surface area contributed by atoms with Crippen LogP contribution in [0.3, 0.4) is 0 Å². The first kappa shape index (κ1) is 15.4. The number of nitrogens with one attached hydrogen (secondary N) is 1. The van der Waals surface area contributed by atoms with E-state index in [-0.39, 0.29) is 0 Å². The lowest BCUT2D eigenvalue weighted by Gasteiger charge is -2.29. The molecule has 1 N–H and O–H groups in total. The van der Waals surface area contributed by atoms with E-state index in [1.54, 1.807) is 0 Å². The molecule has 1 aliphatic rings. The van der Waals surface area contributed by atoms with Crippen molar-refractivity contribution < 1.29 is 0 Å². The van der Waals surface area contributed by atoms with E-state index in [0.29, 0.717) is 12.0 Å². The van der Waals surface area contributed by atoms with Gasteiger partial charge < -0.3 is 10.2 Å². The largest absolute Gasteiger partial charge is 0.368 e. The van der Waals surface area contributed by atoms with Crippen molar-refractivity contribution in [2.75, 3.05) is 11.4 Å². The maximum absolute atomic E-state index is 3.57. The minimum atomic E-state index is 0.530. The Morgan fingerprint density at radius 1 is 1.20 bits per heavy atom. The zero-order chi connectivity index (χ0) is 14.7. The molecule has 1 saturated carbocycles. The summed E-state index contributed by atoms with van der Waals surface area (Å²) < 4.78 is 0. The SMILES string of the molecule is Cc1ccc(N(CC(C)C)C2CC2)c(CNC(C)C)c1. The zero-order valence-electron chi connectivity index (χ0n) is 13.7. The van der Waals surface area contributed by atoms with Crippen molar-refractivity contribution in [3.05, 3.63) is 29.3 Å². The second kappa shape index (κ2) is 6.62. The highest BCUT2D eigenvalue weighted by atomic mass is 15.2. The highest BCUT2D eigenvalue weighted by Gasteiger charge is 2.30. The number of aryl methyl sites for hydroxylation is 1. The molecule has 0 radical (unpaired) electrons. The number of benzene rings is 1. The van der Waals surface area contributed by atoms with E-state index in [1.807, 2.05) is 0 Å². The van der Waals surface area contributed by atoms with Gasteiger partial charge in [0.15, 0.2) is 0 Å². The fourth-order valence-electron chi connectivity index (χ4n) is 2.67. The number of anilines is 1. The van der Waals surface area contributed by atoms with Crippen LogP contribution in [-0.2, 0) is 6.54 Å². The van der Waals surface area contributed by atoms with Crippen LogP contribution in [-0.4, -0.2) is 18.6 Å². The summed E-state index contributed by atoms with van der Waals surface area (Å²) in [6, 6.07) is 8.23. The van der Waals surface area contributed by atoms with Gasteiger partial charge in [0.05, 0.1) is 0 Å². The third-order valence-electron chi connectivity index (χ3n) is 3.79. The average molecular weight is 274 g/mol. The lowest BCUT2D eigenvalue weighted by molar-refractivity contribution is 0.579. The van der Waals surface area contributed by atoms with Crippen LogP contribution in [0.4, 0.5) is 5.69 Å².